The molecule has 1 saturated heterocycles. The lowest BCUT2D eigenvalue weighted by Gasteiger charge is -2.16. The third-order valence-corrected chi connectivity index (χ3v) is 3.06. The fourth-order valence-corrected chi connectivity index (χ4v) is 1.95. The average molecular weight is 248 g/mol. The van der Waals surface area contributed by atoms with Crippen LogP contribution in [-0.2, 0) is 9.59 Å². The Morgan fingerprint density at radius 1 is 1.22 bits per heavy atom. The van der Waals surface area contributed by atoms with Gasteiger partial charge in [0.05, 0.1) is 17.9 Å². The summed E-state index contributed by atoms with van der Waals surface area (Å²) in [7, 11) is 0. The molecule has 6 nitrogen and oxygen atoms in total. The lowest BCUT2D eigenvalue weighted by molar-refractivity contribution is -0.384. The molecule has 0 N–H and O–H groups in total. The van der Waals surface area contributed by atoms with Gasteiger partial charge in [0.25, 0.3) is 5.69 Å². The first-order valence-corrected chi connectivity index (χ1v) is 5.48. The SMILES string of the molecule is Cc1cc(N2CC(=O)CC2=O)c([N+](=O)[O-])cc1C. The molecule has 94 valence electrons. The van der Waals surface area contributed by atoms with E-state index < -0.39 is 4.92 Å². The first kappa shape index (κ1) is 12.2. The molecule has 1 amide bonds. The van der Waals surface area contributed by atoms with Crippen LogP contribution in [0.25, 0.3) is 0 Å². The second-order valence-electron chi connectivity index (χ2n) is 4.38. The Labute approximate surface area is 103 Å². The van der Waals surface area contributed by atoms with E-state index in [0.717, 1.165) is 11.1 Å². The molecule has 1 heterocycles. The van der Waals surface area contributed by atoms with Crippen LogP contribution in [0.1, 0.15) is 17.5 Å². The number of hydrogen-bond acceptors (Lipinski definition) is 4. The molecule has 0 aliphatic carbocycles. The molecule has 0 unspecified atom stereocenters. The Balaban J connectivity index is 2.56. The van der Waals surface area contributed by atoms with Gasteiger partial charge in [0.15, 0.2) is 5.78 Å². The summed E-state index contributed by atoms with van der Waals surface area (Å²) in [6, 6.07) is 3.02. The number of carbonyl (C=O) groups is 2. The zero-order valence-corrected chi connectivity index (χ0v) is 10.1. The summed E-state index contributed by atoms with van der Waals surface area (Å²) < 4.78 is 0. The molecule has 1 aliphatic rings. The molecule has 18 heavy (non-hydrogen) atoms. The summed E-state index contributed by atoms with van der Waals surface area (Å²) in [4.78, 5) is 34.5. The van der Waals surface area contributed by atoms with E-state index in [-0.39, 0.29) is 36.0 Å². The van der Waals surface area contributed by atoms with Gasteiger partial charge in [0, 0.05) is 6.07 Å². The standard InChI is InChI=1S/C12H12N2O4/c1-7-3-10(11(14(17)18)4-8(7)2)13-6-9(15)5-12(13)16/h3-4H,5-6H2,1-2H3. The summed E-state index contributed by atoms with van der Waals surface area (Å²) in [5.74, 6) is -0.598. The molecular formula is C12H12N2O4. The van der Waals surface area contributed by atoms with Gasteiger partial charge in [0.2, 0.25) is 5.91 Å². The number of Topliss-reactive ketones (excluding diaryl/α,β-unsaturated/α-hetero) is 1. The van der Waals surface area contributed by atoms with Crippen LogP contribution in [0, 0.1) is 24.0 Å². The molecule has 0 aromatic heterocycles. The maximum atomic E-state index is 11.6. The second kappa shape index (κ2) is 4.21. The van der Waals surface area contributed by atoms with Crippen LogP contribution in [0.5, 0.6) is 0 Å². The van der Waals surface area contributed by atoms with Gasteiger partial charge in [-0.2, -0.15) is 0 Å². The zero-order chi connectivity index (χ0) is 13.4. The van der Waals surface area contributed by atoms with Gasteiger partial charge in [-0.15, -0.1) is 0 Å². The monoisotopic (exact) mass is 248 g/mol. The van der Waals surface area contributed by atoms with E-state index in [9.17, 15) is 19.7 Å². The molecular weight excluding hydrogens is 236 g/mol. The topological polar surface area (TPSA) is 80.5 Å². The summed E-state index contributed by atoms with van der Waals surface area (Å²) >= 11 is 0. The predicted molar refractivity (Wildman–Crippen MR) is 64.5 cm³/mol. The van der Waals surface area contributed by atoms with Gasteiger partial charge >= 0.3 is 0 Å². The van der Waals surface area contributed by atoms with Crippen molar-refractivity contribution in [3.8, 4) is 0 Å². The number of nitro groups is 1. The fraction of sp³-hybridized carbons (Fsp3) is 0.333. The van der Waals surface area contributed by atoms with Crippen molar-refractivity contribution in [3.63, 3.8) is 0 Å². The van der Waals surface area contributed by atoms with Crippen molar-refractivity contribution >= 4 is 23.1 Å². The summed E-state index contributed by atoms with van der Waals surface area (Å²) in [6.45, 7) is 3.50. The highest BCUT2D eigenvalue weighted by atomic mass is 16.6. The maximum Gasteiger partial charge on any atom is 0.293 e. The van der Waals surface area contributed by atoms with E-state index in [4.69, 9.17) is 0 Å². The average Bonchev–Trinajstić information content (AvgIpc) is 2.61. The van der Waals surface area contributed by atoms with Gasteiger partial charge in [-0.25, -0.2) is 0 Å². The smallest absolute Gasteiger partial charge is 0.293 e. The number of nitro benzene ring substituents is 1. The summed E-state index contributed by atoms with van der Waals surface area (Å²) in [5, 5.41) is 11.0. The molecule has 1 aromatic rings. The van der Waals surface area contributed by atoms with Crippen molar-refractivity contribution in [1.29, 1.82) is 0 Å². The van der Waals surface area contributed by atoms with Gasteiger partial charge in [-0.05, 0) is 31.0 Å². The van der Waals surface area contributed by atoms with Crippen LogP contribution in [0.4, 0.5) is 11.4 Å². The Hall–Kier alpha value is -2.24. The van der Waals surface area contributed by atoms with Crippen molar-refractivity contribution in [2.45, 2.75) is 20.3 Å². The number of benzene rings is 1. The quantitative estimate of drug-likeness (QED) is 0.451. The number of carbonyl (C=O) groups excluding carboxylic acids is 2. The molecule has 6 heteroatoms. The van der Waals surface area contributed by atoms with E-state index in [1.165, 1.54) is 11.0 Å². The van der Waals surface area contributed by atoms with Crippen LogP contribution < -0.4 is 4.90 Å². The molecule has 1 fully saturated rings. The lowest BCUT2D eigenvalue weighted by Crippen LogP contribution is -2.25. The third-order valence-electron chi connectivity index (χ3n) is 3.06. The Morgan fingerprint density at radius 2 is 1.83 bits per heavy atom. The van der Waals surface area contributed by atoms with Gasteiger partial charge < -0.3 is 0 Å². The van der Waals surface area contributed by atoms with Gasteiger partial charge in [0.1, 0.15) is 5.69 Å². The summed E-state index contributed by atoms with van der Waals surface area (Å²) in [6.07, 6.45) is -0.177. The molecule has 0 spiro atoms. The van der Waals surface area contributed by atoms with Crippen LogP contribution >= 0.6 is 0 Å². The number of amides is 1. The first-order chi connectivity index (χ1) is 8.40. The van der Waals surface area contributed by atoms with Crippen molar-refractivity contribution < 1.29 is 14.5 Å². The van der Waals surface area contributed by atoms with Crippen LogP contribution in [0.2, 0.25) is 0 Å². The van der Waals surface area contributed by atoms with Crippen LogP contribution in [-0.4, -0.2) is 23.2 Å². The molecule has 1 aliphatic heterocycles. The number of hydrogen-bond donors (Lipinski definition) is 0. The van der Waals surface area contributed by atoms with Crippen molar-refractivity contribution in [2.75, 3.05) is 11.4 Å². The minimum absolute atomic E-state index is 0.0812. The number of rotatable bonds is 2. The molecule has 0 radical (unpaired) electrons. The molecule has 0 saturated carbocycles. The van der Waals surface area contributed by atoms with E-state index in [2.05, 4.69) is 0 Å². The third kappa shape index (κ3) is 1.97. The van der Waals surface area contributed by atoms with Crippen molar-refractivity contribution in [2.24, 2.45) is 0 Å². The molecule has 1 aromatic carbocycles. The highest BCUT2D eigenvalue weighted by Gasteiger charge is 2.33. The van der Waals surface area contributed by atoms with Crippen molar-refractivity contribution in [1.82, 2.24) is 0 Å². The largest absolute Gasteiger partial charge is 0.299 e. The Kier molecular flexibility index (Phi) is 2.86. The Morgan fingerprint density at radius 3 is 2.33 bits per heavy atom. The normalized spacial score (nSPS) is 15.3. The highest BCUT2D eigenvalue weighted by Crippen LogP contribution is 2.33. The lowest BCUT2D eigenvalue weighted by atomic mass is 10.1. The molecule has 0 atom stereocenters. The predicted octanol–water partition coefficient (Wildman–Crippen LogP) is 1.52. The Bertz CT molecular complexity index is 565. The molecule has 2 rings (SSSR count). The number of aryl methyl sites for hydroxylation is 2. The second-order valence-corrected chi connectivity index (χ2v) is 4.38. The number of nitrogens with zero attached hydrogens (tertiary/aromatic N) is 2. The van der Waals surface area contributed by atoms with Crippen molar-refractivity contribution in [3.05, 3.63) is 33.4 Å². The van der Waals surface area contributed by atoms with Crippen LogP contribution in [0.3, 0.4) is 0 Å². The first-order valence-electron chi connectivity index (χ1n) is 5.48. The van der Waals surface area contributed by atoms with E-state index in [1.54, 1.807) is 13.0 Å². The highest BCUT2D eigenvalue weighted by molar-refractivity contribution is 6.15. The maximum absolute atomic E-state index is 11.6. The van der Waals surface area contributed by atoms with E-state index >= 15 is 0 Å². The molecule has 0 bridgehead atoms. The van der Waals surface area contributed by atoms with Crippen LogP contribution in [0.15, 0.2) is 12.1 Å². The van der Waals surface area contributed by atoms with E-state index in [0.29, 0.717) is 0 Å². The summed E-state index contributed by atoms with van der Waals surface area (Å²) in [5.41, 5.74) is 1.70. The van der Waals surface area contributed by atoms with E-state index in [1.807, 2.05) is 6.92 Å². The van der Waals surface area contributed by atoms with Gasteiger partial charge in [-0.3, -0.25) is 24.6 Å². The zero-order valence-electron chi connectivity index (χ0n) is 10.1. The minimum Gasteiger partial charge on any atom is -0.299 e. The minimum atomic E-state index is -0.530. The number of anilines is 1. The van der Waals surface area contributed by atoms with Gasteiger partial charge in [-0.1, -0.05) is 0 Å². The number of ketones is 1. The fourth-order valence-electron chi connectivity index (χ4n) is 1.95.